The Morgan fingerprint density at radius 1 is 1.15 bits per heavy atom. The van der Waals surface area contributed by atoms with Gasteiger partial charge >= 0.3 is 0 Å². The summed E-state index contributed by atoms with van der Waals surface area (Å²) in [4.78, 5) is 16.7. The van der Waals surface area contributed by atoms with Crippen molar-refractivity contribution in [2.24, 2.45) is 5.92 Å². The van der Waals surface area contributed by atoms with Gasteiger partial charge in [0.1, 0.15) is 5.54 Å². The highest BCUT2D eigenvalue weighted by Crippen LogP contribution is 2.38. The number of halogens is 2. The van der Waals surface area contributed by atoms with Crippen LogP contribution >= 0.6 is 11.3 Å². The molecule has 11 nitrogen and oxygen atoms in total. The zero-order valence-corrected chi connectivity index (χ0v) is 22.5. The van der Waals surface area contributed by atoms with Gasteiger partial charge in [0.15, 0.2) is 5.01 Å². The fraction of sp³-hybridized carbons (Fsp3) is 0.542. The van der Waals surface area contributed by atoms with E-state index in [-0.39, 0.29) is 21.9 Å². The third-order valence-corrected chi connectivity index (χ3v) is 10.1. The van der Waals surface area contributed by atoms with Crippen LogP contribution in [-0.2, 0) is 14.8 Å². The predicted molar refractivity (Wildman–Crippen MR) is 138 cm³/mol. The number of fused-ring (bicyclic) bond motifs is 1. The number of nitrogens with one attached hydrogen (secondary N) is 1. The van der Waals surface area contributed by atoms with Crippen molar-refractivity contribution in [2.75, 3.05) is 31.1 Å². The van der Waals surface area contributed by atoms with Crippen LogP contribution in [0.1, 0.15) is 50.0 Å². The first-order valence-electron chi connectivity index (χ1n) is 12.8. The lowest BCUT2D eigenvalue weighted by atomic mass is 10.1. The molecular weight excluding hydrogens is 550 g/mol. The number of benzene rings is 1. The molecule has 1 aromatic carbocycles. The van der Waals surface area contributed by atoms with E-state index in [1.54, 1.807) is 12.3 Å². The molecular formula is C24H26F2N8O3S2. The van der Waals surface area contributed by atoms with Crippen LogP contribution in [0.25, 0.3) is 16.0 Å². The van der Waals surface area contributed by atoms with Gasteiger partial charge in [-0.2, -0.15) is 15.1 Å². The Kier molecular flexibility index (Phi) is 6.51. The molecule has 3 heterocycles. The maximum absolute atomic E-state index is 13.4. The predicted octanol–water partition coefficient (Wildman–Crippen LogP) is 2.99. The molecule has 2 aliphatic carbocycles. The van der Waals surface area contributed by atoms with Crippen molar-refractivity contribution >= 4 is 43.9 Å². The minimum atomic E-state index is -4.10. The number of amides is 1. The molecule has 3 aromatic rings. The number of nitrogens with zero attached hydrogens (tertiary/aromatic N) is 7. The van der Waals surface area contributed by atoms with Crippen LogP contribution in [0.4, 0.5) is 14.5 Å². The summed E-state index contributed by atoms with van der Waals surface area (Å²) in [6.45, 7) is 2.00. The monoisotopic (exact) mass is 576 g/mol. The second-order valence-electron chi connectivity index (χ2n) is 10.2. The summed E-state index contributed by atoms with van der Waals surface area (Å²) in [5, 5.41) is 21.4. The van der Waals surface area contributed by atoms with Crippen molar-refractivity contribution in [3.05, 3.63) is 23.3 Å². The van der Waals surface area contributed by atoms with Crippen molar-refractivity contribution in [1.82, 2.24) is 29.6 Å². The summed E-state index contributed by atoms with van der Waals surface area (Å²) in [7, 11) is -4.10. The van der Waals surface area contributed by atoms with E-state index in [1.807, 2.05) is 15.9 Å². The van der Waals surface area contributed by atoms with E-state index in [1.165, 1.54) is 10.7 Å². The van der Waals surface area contributed by atoms with Crippen molar-refractivity contribution in [3.63, 3.8) is 0 Å². The maximum Gasteiger partial charge on any atom is 0.291 e. The largest absolute Gasteiger partial charge is 0.367 e. The number of carbonyl (C=O) groups is 1. The molecule has 3 fully saturated rings. The lowest BCUT2D eigenvalue weighted by Crippen LogP contribution is -2.50. The molecule has 1 aliphatic heterocycles. The number of sulfonamides is 1. The lowest BCUT2D eigenvalue weighted by Gasteiger charge is -2.37. The highest BCUT2D eigenvalue weighted by atomic mass is 32.2. The van der Waals surface area contributed by atoms with Gasteiger partial charge < -0.3 is 9.80 Å². The minimum absolute atomic E-state index is 0.0728. The number of piperazine rings is 1. The van der Waals surface area contributed by atoms with Crippen LogP contribution in [0.15, 0.2) is 23.2 Å². The van der Waals surface area contributed by atoms with Crippen LogP contribution in [0.3, 0.4) is 0 Å². The molecule has 1 N–H and O–H groups in total. The molecule has 2 saturated carbocycles. The van der Waals surface area contributed by atoms with Gasteiger partial charge in [-0.1, -0.05) is 24.2 Å². The highest BCUT2D eigenvalue weighted by molar-refractivity contribution is 7.89. The molecule has 206 valence electrons. The Hall–Kier alpha value is -3.22. The smallest absolute Gasteiger partial charge is 0.291 e. The van der Waals surface area contributed by atoms with Crippen LogP contribution in [0, 0.1) is 17.2 Å². The standard InChI is InChI=1S/C24H26F2N8O3S2/c25-20(26)21-29-30-23(38-21)34-19-12-16(39(36,37)31-24(14-27)5-6-24)11-18(17(19)13-28-34)32-7-9-33(10-8-32)22(35)15-3-1-2-4-15/h11-13,15,20,31H,1-10H2. The van der Waals surface area contributed by atoms with Gasteiger partial charge in [0.2, 0.25) is 21.1 Å². The normalized spacial score (nSPS) is 19.6. The minimum Gasteiger partial charge on any atom is -0.367 e. The maximum atomic E-state index is 13.4. The molecule has 0 bridgehead atoms. The summed E-state index contributed by atoms with van der Waals surface area (Å²) in [6.07, 6.45) is 3.61. The Morgan fingerprint density at radius 3 is 2.49 bits per heavy atom. The van der Waals surface area contributed by atoms with E-state index in [0.717, 1.165) is 25.7 Å². The van der Waals surface area contributed by atoms with E-state index in [2.05, 4.69) is 20.0 Å². The Balaban J connectivity index is 1.37. The average Bonchev–Trinajstić information content (AvgIpc) is 3.38. The summed E-state index contributed by atoms with van der Waals surface area (Å²) < 4.78 is 57.0. The molecule has 39 heavy (non-hydrogen) atoms. The van der Waals surface area contributed by atoms with Gasteiger partial charge in [-0.25, -0.2) is 21.9 Å². The van der Waals surface area contributed by atoms with Gasteiger partial charge in [-0.3, -0.25) is 4.79 Å². The van der Waals surface area contributed by atoms with Crippen molar-refractivity contribution < 1.29 is 22.0 Å². The first kappa shape index (κ1) is 26.0. The highest BCUT2D eigenvalue weighted by Gasteiger charge is 2.47. The van der Waals surface area contributed by atoms with Gasteiger partial charge in [0, 0.05) is 43.2 Å². The number of rotatable bonds is 7. The van der Waals surface area contributed by atoms with Crippen LogP contribution in [0.5, 0.6) is 0 Å². The first-order valence-corrected chi connectivity index (χ1v) is 15.1. The quantitative estimate of drug-likeness (QED) is 0.453. The van der Waals surface area contributed by atoms with Crippen LogP contribution < -0.4 is 9.62 Å². The molecule has 1 amide bonds. The van der Waals surface area contributed by atoms with Gasteiger partial charge in [-0.15, -0.1) is 10.2 Å². The Labute approximate surface area is 227 Å². The molecule has 0 unspecified atom stereocenters. The second kappa shape index (κ2) is 9.76. The number of carbonyl (C=O) groups excluding carboxylic acids is 1. The number of hydrogen-bond acceptors (Lipinski definition) is 9. The van der Waals surface area contributed by atoms with E-state index >= 15 is 0 Å². The van der Waals surface area contributed by atoms with E-state index in [4.69, 9.17) is 0 Å². The first-order chi connectivity index (χ1) is 18.7. The zero-order chi connectivity index (χ0) is 27.4. The molecule has 15 heteroatoms. The zero-order valence-electron chi connectivity index (χ0n) is 20.9. The van der Waals surface area contributed by atoms with Gasteiger partial charge in [0.05, 0.1) is 22.7 Å². The number of hydrogen-bond donors (Lipinski definition) is 1. The number of aromatic nitrogens is 4. The average molecular weight is 577 g/mol. The van der Waals surface area contributed by atoms with Crippen LogP contribution in [-0.4, -0.2) is 70.9 Å². The van der Waals surface area contributed by atoms with Gasteiger partial charge in [-0.05, 0) is 37.8 Å². The SMILES string of the molecule is N#CC1(NS(=O)(=O)c2cc(N3CCN(C(=O)C4CCCC4)CC3)c3cnn(-c4nnc(C(F)F)s4)c3c2)CC1. The Morgan fingerprint density at radius 2 is 1.87 bits per heavy atom. The summed E-state index contributed by atoms with van der Waals surface area (Å²) in [5.74, 6) is 0.268. The van der Waals surface area contributed by atoms with E-state index < -0.39 is 27.0 Å². The fourth-order valence-electron chi connectivity index (χ4n) is 5.33. The third kappa shape index (κ3) is 4.85. The number of nitriles is 1. The molecule has 0 radical (unpaired) electrons. The molecule has 2 aromatic heterocycles. The molecule has 6 rings (SSSR count). The summed E-state index contributed by atoms with van der Waals surface area (Å²) >= 11 is 0.670. The second-order valence-corrected chi connectivity index (χ2v) is 12.9. The molecule has 0 spiro atoms. The van der Waals surface area contributed by atoms with E-state index in [0.29, 0.717) is 66.9 Å². The van der Waals surface area contributed by atoms with Crippen LogP contribution in [0.2, 0.25) is 0 Å². The van der Waals surface area contributed by atoms with Crippen molar-refractivity contribution in [3.8, 4) is 11.2 Å². The Bertz CT molecular complexity index is 1560. The fourth-order valence-corrected chi connectivity index (χ4v) is 7.42. The molecule has 3 aliphatic rings. The number of anilines is 1. The number of alkyl halides is 2. The summed E-state index contributed by atoms with van der Waals surface area (Å²) in [6, 6.07) is 4.99. The molecule has 1 saturated heterocycles. The molecule has 0 atom stereocenters. The summed E-state index contributed by atoms with van der Waals surface area (Å²) in [5.41, 5.74) is -0.171. The lowest BCUT2D eigenvalue weighted by molar-refractivity contribution is -0.135. The van der Waals surface area contributed by atoms with E-state index in [9.17, 15) is 27.3 Å². The van der Waals surface area contributed by atoms with Crippen molar-refractivity contribution in [2.45, 2.75) is 55.4 Å². The van der Waals surface area contributed by atoms with Crippen molar-refractivity contribution in [1.29, 1.82) is 5.26 Å². The van der Waals surface area contributed by atoms with Gasteiger partial charge in [0.25, 0.3) is 6.43 Å². The third-order valence-electron chi connectivity index (χ3n) is 7.68. The topological polar surface area (TPSA) is 137 Å².